The highest BCUT2D eigenvalue weighted by atomic mass is 16.5. The van der Waals surface area contributed by atoms with Gasteiger partial charge in [0.25, 0.3) is 0 Å². The van der Waals surface area contributed by atoms with E-state index in [0.717, 1.165) is 38.9 Å². The van der Waals surface area contributed by atoms with Crippen LogP contribution in [0.2, 0.25) is 0 Å². The second kappa shape index (κ2) is 10.9. The summed E-state index contributed by atoms with van der Waals surface area (Å²) in [4.78, 5) is 30.9. The average molecular weight is 516 g/mol. The van der Waals surface area contributed by atoms with Crippen molar-refractivity contribution >= 4 is 22.7 Å². The third kappa shape index (κ3) is 5.43. The molecule has 4 aromatic carbocycles. The molecule has 0 aliphatic heterocycles. The van der Waals surface area contributed by atoms with Crippen molar-refractivity contribution in [2.75, 3.05) is 0 Å². The molecule has 0 saturated heterocycles. The number of nitrogens with zero attached hydrogens (tertiary/aromatic N) is 1. The van der Waals surface area contributed by atoms with Gasteiger partial charge < -0.3 is 9.47 Å². The van der Waals surface area contributed by atoms with Crippen LogP contribution >= 0.6 is 0 Å². The molecule has 1 aromatic heterocycles. The number of ketones is 1. The fourth-order valence-electron chi connectivity index (χ4n) is 4.81. The average Bonchev–Trinajstić information content (AvgIpc) is 2.92. The van der Waals surface area contributed by atoms with Gasteiger partial charge in [0.15, 0.2) is 5.78 Å². The molecule has 0 aliphatic rings. The summed E-state index contributed by atoms with van der Waals surface area (Å²) in [5.74, 6) is 0.290. The number of aryl methyl sites for hydroxylation is 2. The van der Waals surface area contributed by atoms with E-state index in [1.807, 2.05) is 81.4 Å². The van der Waals surface area contributed by atoms with E-state index in [2.05, 4.69) is 6.07 Å². The van der Waals surface area contributed by atoms with Gasteiger partial charge in [0.1, 0.15) is 18.1 Å². The summed E-state index contributed by atoms with van der Waals surface area (Å²) in [6.07, 6.45) is 0. The number of benzene rings is 4. The molecule has 0 saturated carbocycles. The van der Waals surface area contributed by atoms with Crippen LogP contribution in [0.5, 0.6) is 11.5 Å². The Morgan fingerprint density at radius 2 is 1.51 bits per heavy atom. The van der Waals surface area contributed by atoms with Gasteiger partial charge in [0, 0.05) is 10.9 Å². The summed E-state index contributed by atoms with van der Waals surface area (Å²) in [7, 11) is 0. The van der Waals surface area contributed by atoms with E-state index in [1.54, 1.807) is 24.3 Å². The standard InChI is InChI=1S/C34H29NO4/c1-21-18-22(2)32-29(19-21)31(34(37)39-30-13-9-8-12-28(30)24(4)36)23(3)33(35-32)26-14-16-27(17-15-26)38-20-25-10-6-5-7-11-25/h5-19H,20H2,1-4H3. The first kappa shape index (κ1) is 25.9. The van der Waals surface area contributed by atoms with Gasteiger partial charge in [-0.2, -0.15) is 0 Å². The Bertz CT molecular complexity index is 1690. The predicted octanol–water partition coefficient (Wildman–Crippen LogP) is 7.83. The molecule has 39 heavy (non-hydrogen) atoms. The minimum atomic E-state index is -0.525. The summed E-state index contributed by atoms with van der Waals surface area (Å²) in [5, 5.41) is 0.724. The second-order valence-electron chi connectivity index (χ2n) is 9.68. The van der Waals surface area contributed by atoms with Crippen LogP contribution < -0.4 is 9.47 Å². The van der Waals surface area contributed by atoms with Crippen LogP contribution in [0.3, 0.4) is 0 Å². The minimum absolute atomic E-state index is 0.170. The van der Waals surface area contributed by atoms with Crippen LogP contribution in [0.1, 0.15) is 49.9 Å². The number of hydrogen-bond donors (Lipinski definition) is 0. The molecule has 194 valence electrons. The zero-order valence-corrected chi connectivity index (χ0v) is 22.4. The minimum Gasteiger partial charge on any atom is -0.489 e. The molecule has 0 bridgehead atoms. The number of hydrogen-bond acceptors (Lipinski definition) is 5. The largest absolute Gasteiger partial charge is 0.489 e. The normalized spacial score (nSPS) is 10.9. The molecule has 5 nitrogen and oxygen atoms in total. The molecule has 0 spiro atoms. The van der Waals surface area contributed by atoms with E-state index >= 15 is 0 Å². The molecule has 5 rings (SSSR count). The van der Waals surface area contributed by atoms with Gasteiger partial charge in [0.05, 0.1) is 22.3 Å². The number of carbonyl (C=O) groups excluding carboxylic acids is 2. The number of rotatable bonds is 7. The Morgan fingerprint density at radius 3 is 2.23 bits per heavy atom. The van der Waals surface area contributed by atoms with E-state index in [-0.39, 0.29) is 11.5 Å². The van der Waals surface area contributed by atoms with E-state index in [1.165, 1.54) is 6.92 Å². The van der Waals surface area contributed by atoms with Crippen LogP contribution in [-0.2, 0) is 6.61 Å². The van der Waals surface area contributed by atoms with Crippen LogP contribution in [0.4, 0.5) is 0 Å². The van der Waals surface area contributed by atoms with E-state index in [9.17, 15) is 9.59 Å². The van der Waals surface area contributed by atoms with E-state index < -0.39 is 5.97 Å². The molecule has 0 radical (unpaired) electrons. The first-order chi connectivity index (χ1) is 18.8. The smallest absolute Gasteiger partial charge is 0.344 e. The summed E-state index contributed by atoms with van der Waals surface area (Å²) in [6, 6.07) is 28.5. The van der Waals surface area contributed by atoms with E-state index in [0.29, 0.717) is 29.0 Å². The van der Waals surface area contributed by atoms with Gasteiger partial charge >= 0.3 is 5.97 Å². The number of para-hydroxylation sites is 1. The van der Waals surface area contributed by atoms with E-state index in [4.69, 9.17) is 14.5 Å². The number of fused-ring (bicyclic) bond motifs is 1. The maximum atomic E-state index is 13.7. The highest BCUT2D eigenvalue weighted by Gasteiger charge is 2.23. The Balaban J connectivity index is 1.55. The van der Waals surface area contributed by atoms with Gasteiger partial charge in [-0.05, 0) is 86.8 Å². The van der Waals surface area contributed by atoms with Crippen molar-refractivity contribution in [3.05, 3.63) is 124 Å². The zero-order valence-electron chi connectivity index (χ0n) is 22.4. The van der Waals surface area contributed by atoms with Crippen LogP contribution in [0.25, 0.3) is 22.2 Å². The molecule has 0 atom stereocenters. The SMILES string of the molecule is CC(=O)c1ccccc1OC(=O)c1c(C)c(-c2ccc(OCc3ccccc3)cc2)nc2c(C)cc(C)cc12. The van der Waals surface area contributed by atoms with Crippen molar-refractivity contribution in [1.29, 1.82) is 0 Å². The number of esters is 1. The van der Waals surface area contributed by atoms with Gasteiger partial charge in [0.2, 0.25) is 0 Å². The first-order valence-corrected chi connectivity index (χ1v) is 12.8. The summed E-state index contributed by atoms with van der Waals surface area (Å²) in [5.41, 5.74) is 6.86. The highest BCUT2D eigenvalue weighted by molar-refractivity contribution is 6.08. The lowest BCUT2D eigenvalue weighted by molar-refractivity contribution is 0.0734. The third-order valence-corrected chi connectivity index (χ3v) is 6.72. The molecule has 0 unspecified atom stereocenters. The number of ether oxygens (including phenoxy) is 2. The molecule has 5 heteroatoms. The van der Waals surface area contributed by atoms with Crippen molar-refractivity contribution in [1.82, 2.24) is 4.98 Å². The van der Waals surface area contributed by atoms with Crippen molar-refractivity contribution in [2.45, 2.75) is 34.3 Å². The first-order valence-electron chi connectivity index (χ1n) is 12.8. The van der Waals surface area contributed by atoms with Gasteiger partial charge in [-0.3, -0.25) is 4.79 Å². The second-order valence-corrected chi connectivity index (χ2v) is 9.68. The fourth-order valence-corrected chi connectivity index (χ4v) is 4.81. The Hall–Kier alpha value is -4.77. The summed E-state index contributed by atoms with van der Waals surface area (Å²) in [6.45, 7) is 7.79. The molecule has 0 amide bonds. The summed E-state index contributed by atoms with van der Waals surface area (Å²) >= 11 is 0. The van der Waals surface area contributed by atoms with Crippen LogP contribution in [0.15, 0.2) is 91.0 Å². The number of pyridine rings is 1. The van der Waals surface area contributed by atoms with Gasteiger partial charge in [-0.25, -0.2) is 9.78 Å². The third-order valence-electron chi connectivity index (χ3n) is 6.72. The topological polar surface area (TPSA) is 65.5 Å². The molecule has 0 fully saturated rings. The van der Waals surface area contributed by atoms with Crippen molar-refractivity contribution in [3.63, 3.8) is 0 Å². The molecule has 5 aromatic rings. The zero-order chi connectivity index (χ0) is 27.5. The number of aromatic nitrogens is 1. The monoisotopic (exact) mass is 515 g/mol. The Labute approximate surface area is 228 Å². The lowest BCUT2D eigenvalue weighted by atomic mass is 9.95. The summed E-state index contributed by atoms with van der Waals surface area (Å²) < 4.78 is 11.8. The Kier molecular flexibility index (Phi) is 7.24. The maximum absolute atomic E-state index is 13.7. The van der Waals surface area contributed by atoms with Crippen molar-refractivity contribution in [3.8, 4) is 22.8 Å². The van der Waals surface area contributed by atoms with Gasteiger partial charge in [-0.1, -0.05) is 54.1 Å². The Morgan fingerprint density at radius 1 is 0.821 bits per heavy atom. The fraction of sp³-hybridized carbons (Fsp3) is 0.147. The maximum Gasteiger partial charge on any atom is 0.344 e. The van der Waals surface area contributed by atoms with Crippen LogP contribution in [-0.4, -0.2) is 16.7 Å². The molecule has 0 N–H and O–H groups in total. The number of carbonyl (C=O) groups is 2. The lowest BCUT2D eigenvalue weighted by Crippen LogP contribution is -2.14. The molecule has 1 heterocycles. The number of Topliss-reactive ketones (excluding diaryl/α,β-unsaturated/α-hetero) is 1. The van der Waals surface area contributed by atoms with Crippen LogP contribution in [0, 0.1) is 20.8 Å². The predicted molar refractivity (Wildman–Crippen MR) is 154 cm³/mol. The molecular formula is C34H29NO4. The lowest BCUT2D eigenvalue weighted by Gasteiger charge is -2.17. The molecule has 0 aliphatic carbocycles. The highest BCUT2D eigenvalue weighted by Crippen LogP contribution is 2.34. The van der Waals surface area contributed by atoms with Crippen molar-refractivity contribution < 1.29 is 19.1 Å². The molecular weight excluding hydrogens is 486 g/mol. The quantitative estimate of drug-likeness (QED) is 0.126. The van der Waals surface area contributed by atoms with Crippen molar-refractivity contribution in [2.24, 2.45) is 0 Å². The van der Waals surface area contributed by atoms with Gasteiger partial charge in [-0.15, -0.1) is 0 Å².